The summed E-state index contributed by atoms with van der Waals surface area (Å²) in [5, 5.41) is 12.0. The van der Waals surface area contributed by atoms with Crippen molar-refractivity contribution in [3.63, 3.8) is 0 Å². The Hall–Kier alpha value is -2.82. The number of nitrogens with zero attached hydrogens (tertiary/aromatic N) is 4. The van der Waals surface area contributed by atoms with Crippen LogP contribution in [0.15, 0.2) is 61.2 Å². The number of imidazole rings is 1. The molecule has 0 aliphatic carbocycles. The summed E-state index contributed by atoms with van der Waals surface area (Å²) in [5.41, 5.74) is 1.83. The zero-order chi connectivity index (χ0) is 28.1. The van der Waals surface area contributed by atoms with Gasteiger partial charge in [-0.1, -0.05) is 36.2 Å². The van der Waals surface area contributed by atoms with E-state index in [4.69, 9.17) is 37.4 Å². The smallest absolute Gasteiger partial charge is 0.215 e. The Balaban J connectivity index is 1.14. The molecule has 1 aromatic heterocycles. The van der Waals surface area contributed by atoms with E-state index in [1.807, 2.05) is 29.0 Å². The lowest BCUT2D eigenvalue weighted by Gasteiger charge is -2.36. The minimum absolute atomic E-state index is 0.303. The summed E-state index contributed by atoms with van der Waals surface area (Å²) >= 11 is 12.7. The first-order chi connectivity index (χ1) is 19.3. The quantitative estimate of drug-likeness (QED) is 0.337. The first-order valence-electron chi connectivity index (χ1n) is 13.5. The van der Waals surface area contributed by atoms with Gasteiger partial charge in [-0.15, -0.1) is 0 Å². The van der Waals surface area contributed by atoms with Gasteiger partial charge in [0.25, 0.3) is 0 Å². The number of hydrogen-bond donors (Lipinski definition) is 0. The predicted octanol–water partition coefficient (Wildman–Crippen LogP) is 3.44. The van der Waals surface area contributed by atoms with E-state index < -0.39 is 17.7 Å². The fraction of sp³-hybridized carbons (Fsp3) is 0.448. The van der Waals surface area contributed by atoms with Gasteiger partial charge in [0.1, 0.15) is 18.5 Å². The molecule has 40 heavy (non-hydrogen) atoms. The van der Waals surface area contributed by atoms with Crippen molar-refractivity contribution in [3.8, 4) is 5.75 Å². The van der Waals surface area contributed by atoms with Crippen molar-refractivity contribution >= 4 is 34.9 Å². The molecule has 0 N–H and O–H groups in total. The van der Waals surface area contributed by atoms with Gasteiger partial charge in [0.15, 0.2) is 0 Å². The predicted molar refractivity (Wildman–Crippen MR) is 151 cm³/mol. The van der Waals surface area contributed by atoms with E-state index in [9.17, 15) is 9.90 Å². The first-order valence-corrected chi connectivity index (χ1v) is 14.2. The molecule has 2 aromatic carbocycles. The van der Waals surface area contributed by atoms with Crippen molar-refractivity contribution in [2.75, 3.05) is 50.8 Å². The number of halogens is 2. The van der Waals surface area contributed by atoms with E-state index in [1.54, 1.807) is 31.6 Å². The number of carboxylic acid groups (broad SMARTS) is 1. The maximum atomic E-state index is 11.0. The second-order valence-electron chi connectivity index (χ2n) is 10.3. The molecule has 3 unspecified atom stereocenters. The Morgan fingerprint density at radius 3 is 2.62 bits per heavy atom. The second-order valence-corrected chi connectivity index (χ2v) is 11.1. The molecule has 3 atom stereocenters. The first kappa shape index (κ1) is 28.7. The molecule has 2 aliphatic heterocycles. The van der Waals surface area contributed by atoms with Crippen molar-refractivity contribution in [2.45, 2.75) is 31.8 Å². The average Bonchev–Trinajstić information content (AvgIpc) is 3.61. The number of piperazine rings is 1. The fourth-order valence-corrected chi connectivity index (χ4v) is 5.59. The monoisotopic (exact) mass is 587 g/mol. The summed E-state index contributed by atoms with van der Waals surface area (Å²) in [7, 11) is 0. The van der Waals surface area contributed by atoms with Crippen LogP contribution in [0.25, 0.3) is 0 Å². The molecule has 2 saturated heterocycles. The molecule has 0 bridgehead atoms. The highest BCUT2D eigenvalue weighted by molar-refractivity contribution is 6.35. The van der Waals surface area contributed by atoms with E-state index in [0.717, 1.165) is 44.2 Å². The summed E-state index contributed by atoms with van der Waals surface area (Å²) in [6.07, 6.45) is 5.57. The van der Waals surface area contributed by atoms with Crippen LogP contribution in [-0.4, -0.2) is 72.5 Å². The highest BCUT2D eigenvalue weighted by atomic mass is 35.5. The van der Waals surface area contributed by atoms with E-state index in [0.29, 0.717) is 41.8 Å². The molecule has 2 fully saturated rings. The van der Waals surface area contributed by atoms with Gasteiger partial charge < -0.3 is 33.6 Å². The number of aromatic nitrogens is 2. The molecule has 0 radical (unpaired) electrons. The molecule has 0 saturated carbocycles. The fourth-order valence-electron chi connectivity index (χ4n) is 5.04. The number of carbonyl (C=O) groups excluding carboxylic acids is 1. The zero-order valence-corrected chi connectivity index (χ0v) is 23.9. The van der Waals surface area contributed by atoms with E-state index in [2.05, 4.69) is 26.9 Å². The summed E-state index contributed by atoms with van der Waals surface area (Å²) in [5.74, 6) is -1.74. The SMILES string of the molecule is CC(CCN1CCN(c2ccc(OCC3COC(Cn4ccnc4)(c4ccc(Cl)cc4Cl)O3)cc2)CC1)C(=O)[O-]. The van der Waals surface area contributed by atoms with E-state index in [1.165, 1.54) is 0 Å². The van der Waals surface area contributed by atoms with Crippen molar-refractivity contribution in [2.24, 2.45) is 5.92 Å². The third kappa shape index (κ3) is 6.90. The molecule has 9 nitrogen and oxygen atoms in total. The second kappa shape index (κ2) is 12.8. The van der Waals surface area contributed by atoms with Gasteiger partial charge in [-0.3, -0.25) is 4.90 Å². The number of hydrogen-bond acceptors (Lipinski definition) is 8. The summed E-state index contributed by atoms with van der Waals surface area (Å²) in [6.45, 7) is 7.09. The van der Waals surface area contributed by atoms with Crippen LogP contribution in [-0.2, 0) is 26.6 Å². The van der Waals surface area contributed by atoms with Crippen molar-refractivity contribution in [1.29, 1.82) is 0 Å². The van der Waals surface area contributed by atoms with Crippen molar-refractivity contribution in [1.82, 2.24) is 14.5 Å². The molecular weight excluding hydrogens is 555 g/mol. The minimum atomic E-state index is -1.09. The number of carboxylic acids is 1. The minimum Gasteiger partial charge on any atom is -0.550 e. The summed E-state index contributed by atoms with van der Waals surface area (Å²) in [4.78, 5) is 19.7. The number of carbonyl (C=O) groups is 1. The van der Waals surface area contributed by atoms with Gasteiger partial charge in [0.05, 0.1) is 24.5 Å². The lowest BCUT2D eigenvalue weighted by atomic mass is 10.1. The van der Waals surface area contributed by atoms with Crippen LogP contribution in [0.2, 0.25) is 10.0 Å². The Morgan fingerprint density at radius 2 is 1.95 bits per heavy atom. The Labute approximate surface area is 244 Å². The largest absolute Gasteiger partial charge is 0.550 e. The van der Waals surface area contributed by atoms with E-state index in [-0.39, 0.29) is 6.10 Å². The molecule has 2 aliphatic rings. The van der Waals surface area contributed by atoms with Crippen LogP contribution in [0.4, 0.5) is 5.69 Å². The highest BCUT2D eigenvalue weighted by Gasteiger charge is 2.45. The molecule has 3 aromatic rings. The number of rotatable bonds is 11. The maximum Gasteiger partial charge on any atom is 0.215 e. The Kier molecular flexibility index (Phi) is 9.17. The number of benzene rings is 2. The van der Waals surface area contributed by atoms with Gasteiger partial charge in [-0.05, 0) is 55.3 Å². The van der Waals surface area contributed by atoms with Crippen LogP contribution in [0, 0.1) is 5.92 Å². The van der Waals surface area contributed by atoms with Gasteiger partial charge in [-0.2, -0.15) is 0 Å². The third-order valence-corrected chi connectivity index (χ3v) is 7.99. The highest BCUT2D eigenvalue weighted by Crippen LogP contribution is 2.40. The van der Waals surface area contributed by atoms with Crippen LogP contribution < -0.4 is 14.7 Å². The molecule has 3 heterocycles. The normalized spacial score (nSPS) is 22.4. The molecular formula is C29H33Cl2N4O5-. The van der Waals surface area contributed by atoms with Gasteiger partial charge in [0, 0.05) is 60.8 Å². The van der Waals surface area contributed by atoms with E-state index >= 15 is 0 Å². The molecule has 0 amide bonds. The zero-order valence-electron chi connectivity index (χ0n) is 22.4. The average molecular weight is 589 g/mol. The number of anilines is 1. The van der Waals surface area contributed by atoms with Gasteiger partial charge in [-0.25, -0.2) is 4.98 Å². The third-order valence-electron chi connectivity index (χ3n) is 7.44. The Bertz CT molecular complexity index is 1270. The molecule has 11 heteroatoms. The van der Waals surface area contributed by atoms with Gasteiger partial charge >= 0.3 is 0 Å². The van der Waals surface area contributed by atoms with Crippen LogP contribution in [0.1, 0.15) is 18.9 Å². The van der Waals surface area contributed by atoms with Crippen molar-refractivity contribution < 1.29 is 24.1 Å². The van der Waals surface area contributed by atoms with Crippen molar-refractivity contribution in [3.05, 3.63) is 76.8 Å². The lowest BCUT2D eigenvalue weighted by molar-refractivity contribution is -0.311. The van der Waals surface area contributed by atoms with Crippen LogP contribution in [0.3, 0.4) is 0 Å². The van der Waals surface area contributed by atoms with Crippen LogP contribution >= 0.6 is 23.2 Å². The lowest BCUT2D eigenvalue weighted by Crippen LogP contribution is -2.47. The maximum absolute atomic E-state index is 11.0. The summed E-state index contributed by atoms with van der Waals surface area (Å²) < 4.78 is 20.7. The molecule has 5 rings (SSSR count). The van der Waals surface area contributed by atoms with Crippen LogP contribution in [0.5, 0.6) is 5.75 Å². The molecule has 0 spiro atoms. The summed E-state index contributed by atoms with van der Waals surface area (Å²) in [6, 6.07) is 13.3. The topological polar surface area (TPSA) is 92.1 Å². The number of aliphatic carboxylic acids is 1. The van der Waals surface area contributed by atoms with Gasteiger partial charge in [0.2, 0.25) is 5.79 Å². The molecule has 214 valence electrons. The number of ether oxygens (including phenoxy) is 3. The standard InChI is InChI=1S/C29H34Cl2N4O5/c1-21(28(36)37)8-10-33-12-14-35(15-13-33)23-3-5-24(6-4-23)38-17-25-18-39-29(40-25,19-34-11-9-32-20-34)26-7-2-22(30)16-27(26)31/h2-7,9,11,16,20-21,25H,8,10,12-15,17-19H2,1H3,(H,36,37)/p-1. The Morgan fingerprint density at radius 1 is 1.18 bits per heavy atom.